The Bertz CT molecular complexity index is 891. The Morgan fingerprint density at radius 3 is 3.04 bits per heavy atom. The Hall–Kier alpha value is -2.58. The van der Waals surface area contributed by atoms with Crippen LogP contribution in [0.1, 0.15) is 36.0 Å². The number of rotatable bonds is 3. The molecule has 25 heavy (non-hydrogen) atoms. The average Bonchev–Trinajstić information content (AvgIpc) is 3.34. The number of pyridine rings is 1. The second kappa shape index (κ2) is 6.05. The summed E-state index contributed by atoms with van der Waals surface area (Å²) in [6, 6.07) is 13.5. The van der Waals surface area contributed by atoms with E-state index in [1.54, 1.807) is 6.07 Å². The summed E-state index contributed by atoms with van der Waals surface area (Å²) >= 11 is 5.88. The molecule has 1 heterocycles. The van der Waals surface area contributed by atoms with Crippen LogP contribution >= 0.6 is 11.6 Å². The highest BCUT2D eigenvalue weighted by atomic mass is 35.5. The number of nitrogens with one attached hydrogen (secondary N) is 2. The number of hydrogen-bond acceptors (Lipinski definition) is 4. The zero-order valence-corrected chi connectivity index (χ0v) is 14.3. The fourth-order valence-corrected chi connectivity index (χ4v) is 4.22. The van der Waals surface area contributed by atoms with Gasteiger partial charge in [-0.25, -0.2) is 4.98 Å². The van der Waals surface area contributed by atoms with E-state index in [2.05, 4.69) is 40.1 Å². The van der Waals surface area contributed by atoms with Crippen molar-refractivity contribution in [1.82, 2.24) is 10.4 Å². The van der Waals surface area contributed by atoms with Gasteiger partial charge in [0.2, 0.25) is 5.91 Å². The van der Waals surface area contributed by atoms with Gasteiger partial charge in [-0.1, -0.05) is 35.9 Å². The fraction of sp³-hybridized carbons (Fsp3) is 0.316. The van der Waals surface area contributed by atoms with Crippen molar-refractivity contribution in [1.29, 1.82) is 5.26 Å². The number of benzene rings is 1. The van der Waals surface area contributed by atoms with Crippen molar-refractivity contribution in [3.05, 3.63) is 58.2 Å². The van der Waals surface area contributed by atoms with Gasteiger partial charge in [0.25, 0.3) is 0 Å². The molecule has 1 amide bonds. The maximum absolute atomic E-state index is 12.6. The Balaban J connectivity index is 1.46. The number of aryl methyl sites for hydroxylation is 1. The second-order valence-electron chi connectivity index (χ2n) is 6.71. The Morgan fingerprint density at radius 1 is 1.36 bits per heavy atom. The zero-order valence-electron chi connectivity index (χ0n) is 13.6. The van der Waals surface area contributed by atoms with Crippen molar-refractivity contribution >= 4 is 23.3 Å². The molecule has 6 heteroatoms. The molecule has 4 rings (SSSR count). The summed E-state index contributed by atoms with van der Waals surface area (Å²) in [5.41, 5.74) is 8.57. The number of nitrogens with zero attached hydrogens (tertiary/aromatic N) is 2. The molecule has 1 fully saturated rings. The molecule has 126 valence electrons. The summed E-state index contributed by atoms with van der Waals surface area (Å²) in [5.74, 6) is 0.282. The van der Waals surface area contributed by atoms with Crippen molar-refractivity contribution in [2.45, 2.75) is 31.1 Å². The highest BCUT2D eigenvalue weighted by Gasteiger charge is 2.60. The molecule has 2 N–H and O–H groups in total. The summed E-state index contributed by atoms with van der Waals surface area (Å²) in [6.07, 6.45) is 4.14. The van der Waals surface area contributed by atoms with Crippen LogP contribution in [0.25, 0.3) is 0 Å². The van der Waals surface area contributed by atoms with Gasteiger partial charge in [-0.3, -0.25) is 15.6 Å². The highest BCUT2D eigenvalue weighted by molar-refractivity contribution is 6.29. The fourth-order valence-electron chi connectivity index (χ4n) is 4.01. The lowest BCUT2D eigenvalue weighted by molar-refractivity contribution is -0.122. The van der Waals surface area contributed by atoms with Gasteiger partial charge in [0, 0.05) is 11.5 Å². The molecule has 2 aliphatic rings. The first-order valence-corrected chi connectivity index (χ1v) is 8.72. The van der Waals surface area contributed by atoms with Gasteiger partial charge < -0.3 is 0 Å². The van der Waals surface area contributed by atoms with Crippen LogP contribution < -0.4 is 10.9 Å². The molecule has 2 aliphatic carbocycles. The summed E-state index contributed by atoms with van der Waals surface area (Å²) in [7, 11) is 0. The van der Waals surface area contributed by atoms with Crippen LogP contribution in [0.5, 0.6) is 0 Å². The minimum Gasteiger partial charge on any atom is -0.282 e. The number of hydrogen-bond donors (Lipinski definition) is 2. The standard InChI is InChI=1S/C19H17ClN4O/c20-16-8-12(11-21)9-17(22-16)23-24-18(25)15-10-19(15)7-3-5-13-4-1-2-6-14(13)19/h1-2,4,6,8-9,15H,3,5,7,10H2,(H,22,23)(H,24,25)/t15-,19+/m0/s1. The number of carbonyl (C=O) groups is 1. The van der Waals surface area contributed by atoms with Gasteiger partial charge in [-0.2, -0.15) is 5.26 Å². The van der Waals surface area contributed by atoms with Gasteiger partial charge >= 0.3 is 0 Å². The zero-order chi connectivity index (χ0) is 17.4. The van der Waals surface area contributed by atoms with E-state index in [4.69, 9.17) is 16.9 Å². The van der Waals surface area contributed by atoms with Crippen molar-refractivity contribution in [2.75, 3.05) is 5.43 Å². The number of amides is 1. The van der Waals surface area contributed by atoms with E-state index in [9.17, 15) is 4.79 Å². The summed E-state index contributed by atoms with van der Waals surface area (Å²) < 4.78 is 0. The first-order valence-electron chi connectivity index (χ1n) is 8.34. The summed E-state index contributed by atoms with van der Waals surface area (Å²) in [5, 5.41) is 9.18. The van der Waals surface area contributed by atoms with Gasteiger partial charge in [-0.05, 0) is 42.9 Å². The third-order valence-electron chi connectivity index (χ3n) is 5.25. The van der Waals surface area contributed by atoms with Gasteiger partial charge in [0.05, 0.1) is 17.6 Å². The van der Waals surface area contributed by atoms with Crippen LogP contribution in [-0.4, -0.2) is 10.9 Å². The molecular formula is C19H17ClN4O. The number of anilines is 1. The van der Waals surface area contributed by atoms with Crippen LogP contribution in [0, 0.1) is 17.2 Å². The molecule has 0 aliphatic heterocycles. The van der Waals surface area contributed by atoms with E-state index in [-0.39, 0.29) is 22.4 Å². The lowest BCUT2D eigenvalue weighted by Crippen LogP contribution is -2.34. The molecule has 0 saturated heterocycles. The summed E-state index contributed by atoms with van der Waals surface area (Å²) in [4.78, 5) is 16.7. The predicted octanol–water partition coefficient (Wildman–Crippen LogP) is 3.34. The number of halogens is 1. The Morgan fingerprint density at radius 2 is 2.20 bits per heavy atom. The molecule has 0 bridgehead atoms. The lowest BCUT2D eigenvalue weighted by atomic mass is 9.78. The number of carbonyl (C=O) groups excluding carboxylic acids is 1. The molecule has 2 aromatic rings. The third-order valence-corrected chi connectivity index (χ3v) is 5.45. The Labute approximate surface area is 151 Å². The smallest absolute Gasteiger partial charge is 0.242 e. The molecule has 1 spiro atoms. The Kier molecular flexibility index (Phi) is 3.85. The maximum atomic E-state index is 12.6. The number of aromatic nitrogens is 1. The first kappa shape index (κ1) is 15.9. The monoisotopic (exact) mass is 352 g/mol. The van der Waals surface area contributed by atoms with E-state index in [0.717, 1.165) is 25.7 Å². The van der Waals surface area contributed by atoms with E-state index < -0.39 is 0 Å². The van der Waals surface area contributed by atoms with Crippen molar-refractivity contribution < 1.29 is 4.79 Å². The molecular weight excluding hydrogens is 336 g/mol. The van der Waals surface area contributed by atoms with Crippen molar-refractivity contribution in [2.24, 2.45) is 5.92 Å². The van der Waals surface area contributed by atoms with Crippen LogP contribution in [0.15, 0.2) is 36.4 Å². The van der Waals surface area contributed by atoms with Crippen LogP contribution in [-0.2, 0) is 16.6 Å². The maximum Gasteiger partial charge on any atom is 0.242 e. The largest absolute Gasteiger partial charge is 0.282 e. The van der Waals surface area contributed by atoms with Gasteiger partial charge in [0.15, 0.2) is 0 Å². The van der Waals surface area contributed by atoms with E-state index in [0.29, 0.717) is 11.4 Å². The first-order chi connectivity index (χ1) is 12.1. The molecule has 0 unspecified atom stereocenters. The lowest BCUT2D eigenvalue weighted by Gasteiger charge is -2.26. The van der Waals surface area contributed by atoms with Crippen LogP contribution in [0.3, 0.4) is 0 Å². The number of nitriles is 1. The minimum absolute atomic E-state index is 0.0137. The normalized spacial score (nSPS) is 23.4. The predicted molar refractivity (Wildman–Crippen MR) is 94.9 cm³/mol. The van der Waals surface area contributed by atoms with Gasteiger partial charge in [-0.15, -0.1) is 0 Å². The topological polar surface area (TPSA) is 77.8 Å². The van der Waals surface area contributed by atoms with Crippen molar-refractivity contribution in [3.63, 3.8) is 0 Å². The molecule has 0 radical (unpaired) electrons. The van der Waals surface area contributed by atoms with E-state index in [1.165, 1.54) is 17.2 Å². The molecule has 5 nitrogen and oxygen atoms in total. The van der Waals surface area contributed by atoms with E-state index >= 15 is 0 Å². The van der Waals surface area contributed by atoms with Gasteiger partial charge in [0.1, 0.15) is 11.0 Å². The molecule has 1 aromatic heterocycles. The summed E-state index contributed by atoms with van der Waals surface area (Å²) in [6.45, 7) is 0. The SMILES string of the molecule is N#Cc1cc(Cl)nc(NNC(=O)[C@@H]2C[C@@]23CCCc2ccccc23)c1. The van der Waals surface area contributed by atoms with Crippen molar-refractivity contribution in [3.8, 4) is 6.07 Å². The van der Waals surface area contributed by atoms with Crippen LogP contribution in [0.2, 0.25) is 5.15 Å². The third kappa shape index (κ3) is 2.83. The molecule has 2 atom stereocenters. The van der Waals surface area contributed by atoms with E-state index in [1.807, 2.05) is 6.07 Å². The minimum atomic E-state index is -0.0445. The number of hydrazine groups is 1. The molecule has 1 saturated carbocycles. The number of fused-ring (bicyclic) bond motifs is 2. The highest BCUT2D eigenvalue weighted by Crippen LogP contribution is 2.60. The quantitative estimate of drug-likeness (QED) is 0.656. The average molecular weight is 353 g/mol. The van der Waals surface area contributed by atoms with Crippen LogP contribution in [0.4, 0.5) is 5.82 Å². The second-order valence-corrected chi connectivity index (χ2v) is 7.10. The molecule has 1 aromatic carbocycles.